The molecule has 116 valence electrons. The van der Waals surface area contributed by atoms with Crippen molar-refractivity contribution in [2.24, 2.45) is 5.92 Å². The van der Waals surface area contributed by atoms with Gasteiger partial charge in [0.2, 0.25) is 5.54 Å². The summed E-state index contributed by atoms with van der Waals surface area (Å²) in [7, 11) is 0. The van der Waals surface area contributed by atoms with Gasteiger partial charge in [-0.15, -0.1) is 0 Å². The molecule has 8 heteroatoms. The van der Waals surface area contributed by atoms with Crippen LogP contribution in [0.4, 0.5) is 4.79 Å². The minimum absolute atomic E-state index is 0.0386. The highest BCUT2D eigenvalue weighted by Gasteiger charge is 2.32. The maximum absolute atomic E-state index is 11.3. The minimum atomic E-state index is -1.33. The van der Waals surface area contributed by atoms with Gasteiger partial charge in [-0.3, -0.25) is 14.9 Å². The van der Waals surface area contributed by atoms with Crippen molar-refractivity contribution in [3.63, 3.8) is 0 Å². The van der Waals surface area contributed by atoms with Crippen molar-refractivity contribution >= 4 is 12.1 Å². The lowest BCUT2D eigenvalue weighted by Crippen LogP contribution is -2.39. The van der Waals surface area contributed by atoms with E-state index < -0.39 is 16.6 Å². The van der Waals surface area contributed by atoms with E-state index in [1.54, 1.807) is 6.92 Å². The number of esters is 1. The molecule has 0 aliphatic rings. The second-order valence-electron chi connectivity index (χ2n) is 5.05. The van der Waals surface area contributed by atoms with E-state index in [0.717, 1.165) is 0 Å². The van der Waals surface area contributed by atoms with Crippen LogP contribution < -0.4 is 5.32 Å². The number of hydrogen-bond acceptors (Lipinski definition) is 6. The summed E-state index contributed by atoms with van der Waals surface area (Å²) in [5, 5.41) is 12.9. The van der Waals surface area contributed by atoms with E-state index in [2.05, 4.69) is 5.32 Å². The summed E-state index contributed by atoms with van der Waals surface area (Å²) in [6.07, 6.45) is -0.0934. The summed E-state index contributed by atoms with van der Waals surface area (Å²) >= 11 is 0. The van der Waals surface area contributed by atoms with Crippen molar-refractivity contribution < 1.29 is 24.0 Å². The first-order chi connectivity index (χ1) is 9.20. The third-order valence-corrected chi connectivity index (χ3v) is 2.68. The third kappa shape index (κ3) is 6.91. The second-order valence-corrected chi connectivity index (χ2v) is 5.05. The Morgan fingerprint density at radius 2 is 1.95 bits per heavy atom. The second kappa shape index (κ2) is 8.34. The van der Waals surface area contributed by atoms with Crippen molar-refractivity contribution in [2.75, 3.05) is 19.8 Å². The van der Waals surface area contributed by atoms with E-state index in [9.17, 15) is 19.7 Å². The van der Waals surface area contributed by atoms with Crippen LogP contribution >= 0.6 is 0 Å². The van der Waals surface area contributed by atoms with Crippen molar-refractivity contribution in [2.45, 2.75) is 39.7 Å². The molecule has 0 heterocycles. The molecule has 1 unspecified atom stereocenters. The molecule has 0 aliphatic carbocycles. The van der Waals surface area contributed by atoms with E-state index in [1.807, 2.05) is 6.92 Å². The Morgan fingerprint density at radius 1 is 1.35 bits per heavy atom. The van der Waals surface area contributed by atoms with E-state index in [-0.39, 0.29) is 31.6 Å². The van der Waals surface area contributed by atoms with Crippen LogP contribution in [0.1, 0.15) is 34.1 Å². The highest BCUT2D eigenvalue weighted by Crippen LogP contribution is 2.07. The molecule has 0 saturated heterocycles. The fourth-order valence-corrected chi connectivity index (χ4v) is 0.960. The maximum atomic E-state index is 11.3. The predicted molar refractivity (Wildman–Crippen MR) is 70.8 cm³/mol. The quantitative estimate of drug-likeness (QED) is 0.313. The van der Waals surface area contributed by atoms with Crippen LogP contribution in [0.2, 0.25) is 0 Å². The van der Waals surface area contributed by atoms with E-state index in [1.165, 1.54) is 13.8 Å². The Balaban J connectivity index is 3.80. The lowest BCUT2D eigenvalue weighted by atomic mass is 10.1. The molecule has 1 atom stereocenters. The first-order valence-electron chi connectivity index (χ1n) is 6.42. The summed E-state index contributed by atoms with van der Waals surface area (Å²) in [5.74, 6) is -0.500. The molecule has 1 amide bonds. The van der Waals surface area contributed by atoms with Crippen molar-refractivity contribution in [3.05, 3.63) is 10.1 Å². The van der Waals surface area contributed by atoms with Gasteiger partial charge >= 0.3 is 12.1 Å². The first kappa shape index (κ1) is 18.1. The topological polar surface area (TPSA) is 108 Å². The molecule has 0 aromatic rings. The van der Waals surface area contributed by atoms with Crippen molar-refractivity contribution in [3.8, 4) is 0 Å². The number of alkyl carbamates (subject to hydrolysis) is 1. The summed E-state index contributed by atoms with van der Waals surface area (Å²) in [6.45, 7) is 6.14. The smallest absolute Gasteiger partial charge is 0.407 e. The number of carbonyl (C=O) groups is 2. The monoisotopic (exact) mass is 290 g/mol. The van der Waals surface area contributed by atoms with Crippen LogP contribution in [0.3, 0.4) is 0 Å². The van der Waals surface area contributed by atoms with Crippen LogP contribution in [0.15, 0.2) is 0 Å². The van der Waals surface area contributed by atoms with Crippen molar-refractivity contribution in [1.29, 1.82) is 0 Å². The summed E-state index contributed by atoms with van der Waals surface area (Å²) in [4.78, 5) is 32.6. The number of amides is 1. The molecule has 0 rings (SSSR count). The van der Waals surface area contributed by atoms with Gasteiger partial charge in [0.1, 0.15) is 6.61 Å². The van der Waals surface area contributed by atoms with Crippen molar-refractivity contribution in [1.82, 2.24) is 5.32 Å². The minimum Gasteiger partial charge on any atom is -0.464 e. The Hall–Kier alpha value is -1.86. The maximum Gasteiger partial charge on any atom is 0.407 e. The molecule has 0 aromatic heterocycles. The van der Waals surface area contributed by atoms with Crippen LogP contribution in [-0.4, -0.2) is 42.3 Å². The van der Waals surface area contributed by atoms with Gasteiger partial charge in [-0.25, -0.2) is 4.79 Å². The molecule has 0 spiro atoms. The largest absolute Gasteiger partial charge is 0.464 e. The van der Waals surface area contributed by atoms with Gasteiger partial charge in [0.15, 0.2) is 6.61 Å². The highest BCUT2D eigenvalue weighted by molar-refractivity contribution is 5.72. The average Bonchev–Trinajstić information content (AvgIpc) is 2.39. The summed E-state index contributed by atoms with van der Waals surface area (Å²) < 4.78 is 9.62. The predicted octanol–water partition coefficient (Wildman–Crippen LogP) is 1.36. The first-order valence-corrected chi connectivity index (χ1v) is 6.42. The number of hydrogen-bond donors (Lipinski definition) is 1. The number of ether oxygens (including phenoxy) is 2. The lowest BCUT2D eigenvalue weighted by Gasteiger charge is -2.15. The Morgan fingerprint density at radius 3 is 2.45 bits per heavy atom. The number of nitrogens with one attached hydrogen (secondary N) is 1. The Kier molecular flexibility index (Phi) is 7.56. The zero-order valence-corrected chi connectivity index (χ0v) is 12.3. The number of carbonyl (C=O) groups excluding carboxylic acids is 2. The molecule has 0 bridgehead atoms. The molecule has 8 nitrogen and oxygen atoms in total. The van der Waals surface area contributed by atoms with Gasteiger partial charge in [-0.2, -0.15) is 0 Å². The normalized spacial score (nSPS) is 12.4. The van der Waals surface area contributed by atoms with E-state index >= 15 is 0 Å². The van der Waals surface area contributed by atoms with Crippen LogP contribution in [-0.2, 0) is 14.3 Å². The van der Waals surface area contributed by atoms with Gasteiger partial charge < -0.3 is 14.8 Å². The van der Waals surface area contributed by atoms with Gasteiger partial charge in [-0.1, -0.05) is 13.8 Å². The van der Waals surface area contributed by atoms with Gasteiger partial charge in [0.05, 0.1) is 12.5 Å². The fourth-order valence-electron chi connectivity index (χ4n) is 0.960. The molecule has 0 aromatic carbocycles. The number of nitrogens with zero attached hydrogens (tertiary/aromatic N) is 1. The van der Waals surface area contributed by atoms with Crippen LogP contribution in [0.5, 0.6) is 0 Å². The Bertz CT molecular complexity index is 356. The highest BCUT2D eigenvalue weighted by atomic mass is 16.6. The average molecular weight is 290 g/mol. The molecule has 20 heavy (non-hydrogen) atoms. The van der Waals surface area contributed by atoms with Gasteiger partial charge in [0, 0.05) is 18.8 Å². The zero-order valence-electron chi connectivity index (χ0n) is 12.3. The van der Waals surface area contributed by atoms with E-state index in [0.29, 0.717) is 6.42 Å². The standard InChI is InChI=1S/C12H22N2O6/c1-5-9(2)10(15)19-7-6-13-11(16)20-8-12(3,4)14(17)18/h9H,5-8H2,1-4H3,(H,13,16). The molecule has 0 fully saturated rings. The van der Waals surface area contributed by atoms with Crippen LogP contribution in [0.25, 0.3) is 0 Å². The lowest BCUT2D eigenvalue weighted by molar-refractivity contribution is -0.563. The van der Waals surface area contributed by atoms with Gasteiger partial charge in [-0.05, 0) is 6.42 Å². The Labute approximate surface area is 118 Å². The SMILES string of the molecule is CCC(C)C(=O)OCCNC(=O)OCC(C)(C)[N+](=O)[O-]. The molecule has 0 radical (unpaired) electrons. The summed E-state index contributed by atoms with van der Waals surface area (Å²) in [5.41, 5.74) is -1.33. The van der Waals surface area contributed by atoms with Gasteiger partial charge in [0.25, 0.3) is 0 Å². The molecule has 1 N–H and O–H groups in total. The molecular formula is C12H22N2O6. The fraction of sp³-hybridized carbons (Fsp3) is 0.833. The zero-order chi connectivity index (χ0) is 15.8. The number of nitro groups is 1. The third-order valence-electron chi connectivity index (χ3n) is 2.68. The molecular weight excluding hydrogens is 268 g/mol. The molecule has 0 saturated carbocycles. The summed E-state index contributed by atoms with van der Waals surface area (Å²) in [6, 6.07) is 0. The van der Waals surface area contributed by atoms with Crippen LogP contribution in [0, 0.1) is 16.0 Å². The van der Waals surface area contributed by atoms with E-state index in [4.69, 9.17) is 9.47 Å². The molecule has 0 aliphatic heterocycles. The number of rotatable bonds is 8.